The summed E-state index contributed by atoms with van der Waals surface area (Å²) in [6.07, 6.45) is 7.77. The lowest BCUT2D eigenvalue weighted by Crippen LogP contribution is -2.14. The van der Waals surface area contributed by atoms with Crippen LogP contribution in [-0.2, 0) is 19.3 Å². The van der Waals surface area contributed by atoms with E-state index in [0.29, 0.717) is 0 Å². The van der Waals surface area contributed by atoms with Gasteiger partial charge in [0.1, 0.15) is 0 Å². The number of fused-ring (bicyclic) bond motifs is 1. The molecule has 0 atom stereocenters. The van der Waals surface area contributed by atoms with Gasteiger partial charge in [0.25, 0.3) is 0 Å². The smallest absolute Gasteiger partial charge is 0.0976 e. The second-order valence-electron chi connectivity index (χ2n) is 9.47. The van der Waals surface area contributed by atoms with Gasteiger partial charge in [-0.15, -0.1) is 11.3 Å². The normalized spacial score (nSPS) is 13.2. The molecule has 35 heavy (non-hydrogen) atoms. The summed E-state index contributed by atoms with van der Waals surface area (Å²) in [5.41, 5.74) is 11.3. The fraction of sp³-hybridized carbons (Fsp3) is 0.290. The molecule has 1 aliphatic carbocycles. The molecule has 178 valence electrons. The summed E-state index contributed by atoms with van der Waals surface area (Å²) in [5, 5.41) is 3.37. The first kappa shape index (κ1) is 23.5. The van der Waals surface area contributed by atoms with E-state index in [9.17, 15) is 0 Å². The van der Waals surface area contributed by atoms with Crippen LogP contribution in [0.4, 0.5) is 5.69 Å². The van der Waals surface area contributed by atoms with Crippen molar-refractivity contribution in [3.05, 3.63) is 93.3 Å². The monoisotopic (exact) mass is 479 g/mol. The minimum Gasteiger partial charge on any atom is -0.366 e. The van der Waals surface area contributed by atoms with Gasteiger partial charge >= 0.3 is 0 Å². The first-order valence-corrected chi connectivity index (χ1v) is 13.5. The van der Waals surface area contributed by atoms with Crippen LogP contribution >= 0.6 is 11.3 Å². The third-order valence-electron chi connectivity index (χ3n) is 6.94. The van der Waals surface area contributed by atoms with E-state index in [1.165, 1.54) is 64.6 Å². The standard InChI is InChI=1S/C31H33N3S/c1-4-34(3)21-32-29-19-28(24-11-6-5-7-12-24)27(16-22(29)2)18-31-33-30(20-35-31)26-15-14-23-10-8-9-13-25(23)17-26/h5-7,11-12,14-17,19-21H,4,8-10,13,18H2,1-3H3. The highest BCUT2D eigenvalue weighted by atomic mass is 32.1. The predicted molar refractivity (Wildman–Crippen MR) is 150 cm³/mol. The molecule has 1 aliphatic rings. The van der Waals surface area contributed by atoms with Crippen molar-refractivity contribution in [1.82, 2.24) is 9.88 Å². The lowest BCUT2D eigenvalue weighted by molar-refractivity contribution is 0.552. The summed E-state index contributed by atoms with van der Waals surface area (Å²) in [7, 11) is 2.05. The van der Waals surface area contributed by atoms with Crippen molar-refractivity contribution in [2.75, 3.05) is 13.6 Å². The fourth-order valence-electron chi connectivity index (χ4n) is 4.75. The minimum absolute atomic E-state index is 0.819. The van der Waals surface area contributed by atoms with Crippen molar-refractivity contribution in [3.8, 4) is 22.4 Å². The molecule has 3 nitrogen and oxygen atoms in total. The van der Waals surface area contributed by atoms with Gasteiger partial charge in [-0.3, -0.25) is 0 Å². The van der Waals surface area contributed by atoms with Crippen LogP contribution in [0, 0.1) is 6.92 Å². The molecule has 0 spiro atoms. The summed E-state index contributed by atoms with van der Waals surface area (Å²) in [4.78, 5) is 11.9. The molecule has 0 aliphatic heterocycles. The Morgan fingerprint density at radius 1 is 0.971 bits per heavy atom. The molecule has 0 fully saturated rings. The Labute approximate surface area is 213 Å². The lowest BCUT2D eigenvalue weighted by Gasteiger charge is -2.16. The average molecular weight is 480 g/mol. The molecule has 3 aromatic carbocycles. The molecule has 0 amide bonds. The number of aliphatic imine (C=N–C) groups is 1. The fourth-order valence-corrected chi connectivity index (χ4v) is 5.58. The number of nitrogens with zero attached hydrogens (tertiary/aromatic N) is 3. The van der Waals surface area contributed by atoms with Crippen molar-refractivity contribution in [2.45, 2.75) is 46.0 Å². The molecule has 1 heterocycles. The third kappa shape index (κ3) is 5.38. The van der Waals surface area contributed by atoms with Crippen LogP contribution < -0.4 is 0 Å². The first-order chi connectivity index (χ1) is 17.1. The topological polar surface area (TPSA) is 28.5 Å². The second kappa shape index (κ2) is 10.6. The molecule has 0 N–H and O–H groups in total. The van der Waals surface area contributed by atoms with E-state index < -0.39 is 0 Å². The molecule has 0 saturated heterocycles. The molecular weight excluding hydrogens is 446 g/mol. The number of thiazole rings is 1. The number of rotatable bonds is 7. The Bertz CT molecular complexity index is 1340. The summed E-state index contributed by atoms with van der Waals surface area (Å²) in [6.45, 7) is 5.21. The number of hydrogen-bond acceptors (Lipinski definition) is 3. The van der Waals surface area contributed by atoms with E-state index in [2.05, 4.69) is 84.8 Å². The van der Waals surface area contributed by atoms with E-state index in [-0.39, 0.29) is 0 Å². The Morgan fingerprint density at radius 3 is 2.57 bits per heavy atom. The number of benzene rings is 3. The maximum Gasteiger partial charge on any atom is 0.0976 e. The van der Waals surface area contributed by atoms with Gasteiger partial charge in [0.2, 0.25) is 0 Å². The first-order valence-electron chi connectivity index (χ1n) is 12.6. The van der Waals surface area contributed by atoms with Crippen LogP contribution in [0.15, 0.2) is 71.0 Å². The third-order valence-corrected chi connectivity index (χ3v) is 7.79. The van der Waals surface area contributed by atoms with Crippen molar-refractivity contribution in [1.29, 1.82) is 0 Å². The summed E-state index contributed by atoms with van der Waals surface area (Å²) in [6, 6.07) is 22.1. The molecule has 0 radical (unpaired) electrons. The highest BCUT2D eigenvalue weighted by Crippen LogP contribution is 2.34. The van der Waals surface area contributed by atoms with Gasteiger partial charge in [0, 0.05) is 31.0 Å². The van der Waals surface area contributed by atoms with Crippen LogP contribution in [0.5, 0.6) is 0 Å². The Hall–Kier alpha value is -3.24. The Kier molecular flexibility index (Phi) is 7.10. The van der Waals surface area contributed by atoms with Crippen LogP contribution in [0.2, 0.25) is 0 Å². The zero-order chi connectivity index (χ0) is 24.2. The van der Waals surface area contributed by atoms with Gasteiger partial charge in [-0.1, -0.05) is 48.5 Å². The molecular formula is C31H33N3S. The van der Waals surface area contributed by atoms with Gasteiger partial charge in [-0.2, -0.15) is 0 Å². The molecule has 0 bridgehead atoms. The summed E-state index contributed by atoms with van der Waals surface area (Å²) in [5.74, 6) is 0. The maximum absolute atomic E-state index is 5.06. The van der Waals surface area contributed by atoms with Gasteiger partial charge < -0.3 is 4.90 Å². The number of aryl methyl sites for hydroxylation is 3. The maximum atomic E-state index is 5.06. The SMILES string of the molecule is CCN(C)C=Nc1cc(-c2ccccc2)c(Cc2nc(-c3ccc4c(c3)CCCC4)cs2)cc1C. The Morgan fingerprint density at radius 2 is 1.77 bits per heavy atom. The summed E-state index contributed by atoms with van der Waals surface area (Å²) < 4.78 is 0. The summed E-state index contributed by atoms with van der Waals surface area (Å²) >= 11 is 1.76. The molecule has 5 rings (SSSR count). The van der Waals surface area contributed by atoms with E-state index in [1.54, 1.807) is 11.3 Å². The zero-order valence-electron chi connectivity index (χ0n) is 20.9. The van der Waals surface area contributed by atoms with E-state index in [0.717, 1.165) is 29.4 Å². The molecule has 4 heteroatoms. The van der Waals surface area contributed by atoms with Crippen LogP contribution in [-0.4, -0.2) is 29.8 Å². The van der Waals surface area contributed by atoms with E-state index in [4.69, 9.17) is 9.98 Å². The van der Waals surface area contributed by atoms with Crippen LogP contribution in [0.25, 0.3) is 22.4 Å². The number of aromatic nitrogens is 1. The highest BCUT2D eigenvalue weighted by molar-refractivity contribution is 7.10. The second-order valence-corrected chi connectivity index (χ2v) is 10.4. The largest absolute Gasteiger partial charge is 0.366 e. The van der Waals surface area contributed by atoms with Crippen molar-refractivity contribution < 1.29 is 0 Å². The van der Waals surface area contributed by atoms with Crippen molar-refractivity contribution in [2.24, 2.45) is 4.99 Å². The van der Waals surface area contributed by atoms with E-state index in [1.807, 2.05) is 13.4 Å². The minimum atomic E-state index is 0.819. The predicted octanol–water partition coefficient (Wildman–Crippen LogP) is 7.87. The van der Waals surface area contributed by atoms with Gasteiger partial charge in [-0.25, -0.2) is 9.98 Å². The molecule has 0 unspecified atom stereocenters. The Balaban J connectivity index is 1.47. The van der Waals surface area contributed by atoms with Gasteiger partial charge in [0.05, 0.1) is 22.7 Å². The van der Waals surface area contributed by atoms with Gasteiger partial charge in [0.15, 0.2) is 0 Å². The molecule has 1 aromatic heterocycles. The zero-order valence-corrected chi connectivity index (χ0v) is 21.7. The van der Waals surface area contributed by atoms with Crippen LogP contribution in [0.3, 0.4) is 0 Å². The lowest BCUT2D eigenvalue weighted by atomic mass is 9.90. The molecule has 0 saturated carbocycles. The quantitative estimate of drug-likeness (QED) is 0.199. The van der Waals surface area contributed by atoms with Crippen molar-refractivity contribution in [3.63, 3.8) is 0 Å². The number of hydrogen-bond donors (Lipinski definition) is 0. The van der Waals surface area contributed by atoms with Crippen molar-refractivity contribution >= 4 is 23.4 Å². The molecule has 4 aromatic rings. The average Bonchev–Trinajstić information content (AvgIpc) is 3.36. The highest BCUT2D eigenvalue weighted by Gasteiger charge is 2.14. The van der Waals surface area contributed by atoms with E-state index >= 15 is 0 Å². The van der Waals surface area contributed by atoms with Crippen LogP contribution in [0.1, 0.15) is 47.0 Å². The van der Waals surface area contributed by atoms with Gasteiger partial charge in [-0.05, 0) is 85.0 Å².